The number of aliphatic carboxylic acids is 1. The van der Waals surface area contributed by atoms with Gasteiger partial charge in [0.05, 0.1) is 18.6 Å². The van der Waals surface area contributed by atoms with Crippen molar-refractivity contribution in [3.63, 3.8) is 0 Å². The van der Waals surface area contributed by atoms with Crippen LogP contribution in [0.1, 0.15) is 39.5 Å². The van der Waals surface area contributed by atoms with Crippen LogP contribution in [0.2, 0.25) is 0 Å². The van der Waals surface area contributed by atoms with E-state index in [0.29, 0.717) is 19.6 Å². The van der Waals surface area contributed by atoms with Gasteiger partial charge in [-0.25, -0.2) is 0 Å². The Morgan fingerprint density at radius 1 is 1.29 bits per heavy atom. The molecule has 0 aromatic carbocycles. The number of carboxylic acid groups (broad SMARTS) is 1. The van der Waals surface area contributed by atoms with Gasteiger partial charge in [0.25, 0.3) is 0 Å². The van der Waals surface area contributed by atoms with Crippen molar-refractivity contribution in [2.24, 2.45) is 5.41 Å². The molecular weight excluding hydrogens is 308 g/mol. The van der Waals surface area contributed by atoms with E-state index in [2.05, 4.69) is 23.6 Å². The molecule has 6 heteroatoms. The number of rotatable bonds is 8. The van der Waals surface area contributed by atoms with Crippen LogP contribution in [0.5, 0.6) is 0 Å². The Morgan fingerprint density at radius 2 is 2.00 bits per heavy atom. The van der Waals surface area contributed by atoms with Crippen LogP contribution in [0.25, 0.3) is 0 Å². The van der Waals surface area contributed by atoms with Gasteiger partial charge in [-0.05, 0) is 46.1 Å². The molecule has 0 aromatic heterocycles. The maximum Gasteiger partial charge on any atom is 0.310 e. The Labute approximate surface area is 146 Å². The molecule has 0 aliphatic carbocycles. The Morgan fingerprint density at radius 3 is 2.62 bits per heavy atom. The highest BCUT2D eigenvalue weighted by atomic mass is 16.5. The summed E-state index contributed by atoms with van der Waals surface area (Å²) in [4.78, 5) is 16.8. The molecule has 0 bridgehead atoms. The number of nitrogens with zero attached hydrogens (tertiary/aromatic N) is 2. The average Bonchev–Trinajstić information content (AvgIpc) is 2.56. The molecule has 0 amide bonds. The van der Waals surface area contributed by atoms with Crippen LogP contribution in [0.4, 0.5) is 0 Å². The molecule has 140 valence electrons. The molecule has 0 saturated carbocycles. The zero-order valence-corrected chi connectivity index (χ0v) is 15.6. The van der Waals surface area contributed by atoms with Crippen molar-refractivity contribution in [3.05, 3.63) is 0 Å². The summed E-state index contributed by atoms with van der Waals surface area (Å²) in [6.45, 7) is 11.2. The molecular formula is C18H34N2O4. The SMILES string of the molecule is COCCC[C@]1(C(=O)O)CCCN(CC(C)(C)N2CCOCC2)C1. The van der Waals surface area contributed by atoms with E-state index in [1.165, 1.54) is 0 Å². The van der Waals surface area contributed by atoms with Gasteiger partial charge >= 0.3 is 5.97 Å². The number of hydrogen-bond acceptors (Lipinski definition) is 5. The van der Waals surface area contributed by atoms with Crippen LogP contribution < -0.4 is 0 Å². The summed E-state index contributed by atoms with van der Waals surface area (Å²) in [5, 5.41) is 9.86. The monoisotopic (exact) mass is 342 g/mol. The third-order valence-electron chi connectivity index (χ3n) is 5.59. The molecule has 1 N–H and O–H groups in total. The normalized spacial score (nSPS) is 27.3. The highest BCUT2D eigenvalue weighted by Crippen LogP contribution is 2.36. The largest absolute Gasteiger partial charge is 0.481 e. The van der Waals surface area contributed by atoms with Gasteiger partial charge in [0, 0.05) is 45.4 Å². The molecule has 0 unspecified atom stereocenters. The smallest absolute Gasteiger partial charge is 0.310 e. The van der Waals surface area contributed by atoms with Gasteiger partial charge in [-0.15, -0.1) is 0 Å². The molecule has 2 heterocycles. The first-order valence-corrected chi connectivity index (χ1v) is 9.17. The third-order valence-corrected chi connectivity index (χ3v) is 5.59. The first-order chi connectivity index (χ1) is 11.4. The molecule has 2 aliphatic heterocycles. The lowest BCUT2D eigenvalue weighted by Gasteiger charge is -2.47. The standard InChI is InChI=1S/C18H34N2O4/c1-17(2,20-9-12-24-13-10-20)14-19-8-4-6-18(15-19,16(21)22)7-5-11-23-3/h4-15H2,1-3H3,(H,21,22)/t18-/m1/s1. The van der Waals surface area contributed by atoms with Crippen LogP contribution in [0, 0.1) is 5.41 Å². The van der Waals surface area contributed by atoms with Crippen LogP contribution in [-0.4, -0.2) is 86.1 Å². The van der Waals surface area contributed by atoms with Crippen molar-refractivity contribution in [2.75, 3.05) is 59.7 Å². The number of piperidine rings is 1. The molecule has 2 rings (SSSR count). The fraction of sp³-hybridized carbons (Fsp3) is 0.944. The minimum Gasteiger partial charge on any atom is -0.481 e. The van der Waals surface area contributed by atoms with Crippen molar-refractivity contribution in [3.8, 4) is 0 Å². The second-order valence-corrected chi connectivity index (χ2v) is 7.91. The van der Waals surface area contributed by atoms with Gasteiger partial charge in [-0.2, -0.15) is 0 Å². The summed E-state index contributed by atoms with van der Waals surface area (Å²) in [7, 11) is 1.67. The molecule has 24 heavy (non-hydrogen) atoms. The third kappa shape index (κ3) is 4.91. The Bertz CT molecular complexity index is 410. The van der Waals surface area contributed by atoms with E-state index >= 15 is 0 Å². The van der Waals surface area contributed by atoms with Crippen molar-refractivity contribution < 1.29 is 19.4 Å². The minimum absolute atomic E-state index is 0.0396. The lowest BCUT2D eigenvalue weighted by molar-refractivity contribution is -0.154. The molecule has 2 saturated heterocycles. The van der Waals surface area contributed by atoms with Crippen molar-refractivity contribution >= 4 is 5.97 Å². The lowest BCUT2D eigenvalue weighted by Crippen LogP contribution is -2.58. The summed E-state index contributed by atoms with van der Waals surface area (Å²) >= 11 is 0. The van der Waals surface area contributed by atoms with Crippen molar-refractivity contribution in [1.82, 2.24) is 9.80 Å². The number of hydrogen-bond donors (Lipinski definition) is 1. The van der Waals surface area contributed by atoms with Crippen LogP contribution in [0.15, 0.2) is 0 Å². The summed E-state index contributed by atoms with van der Waals surface area (Å²) in [6.07, 6.45) is 3.24. The number of likely N-dealkylation sites (tertiary alicyclic amines) is 1. The zero-order chi connectivity index (χ0) is 17.6. The molecule has 0 radical (unpaired) electrons. The van der Waals surface area contributed by atoms with E-state index in [4.69, 9.17) is 9.47 Å². The number of ether oxygens (including phenoxy) is 2. The van der Waals surface area contributed by atoms with E-state index in [0.717, 1.165) is 58.7 Å². The maximum atomic E-state index is 12.0. The first kappa shape index (κ1) is 19.6. The molecule has 1 atom stereocenters. The fourth-order valence-corrected chi connectivity index (χ4v) is 4.22. The Hall–Kier alpha value is -0.690. The van der Waals surface area contributed by atoms with Crippen LogP contribution >= 0.6 is 0 Å². The van der Waals surface area contributed by atoms with Gasteiger partial charge in [0.1, 0.15) is 0 Å². The average molecular weight is 342 g/mol. The highest BCUT2D eigenvalue weighted by Gasteiger charge is 2.43. The fourth-order valence-electron chi connectivity index (χ4n) is 4.22. The van der Waals surface area contributed by atoms with Crippen LogP contribution in [0.3, 0.4) is 0 Å². The van der Waals surface area contributed by atoms with E-state index in [1.54, 1.807) is 7.11 Å². The predicted octanol–water partition coefficient (Wildman–Crippen LogP) is 1.69. The topological polar surface area (TPSA) is 62.2 Å². The van der Waals surface area contributed by atoms with E-state index < -0.39 is 11.4 Å². The Kier molecular flexibility index (Phi) is 7.04. The van der Waals surface area contributed by atoms with Crippen LogP contribution in [-0.2, 0) is 14.3 Å². The number of morpholine rings is 1. The van der Waals surface area contributed by atoms with Gasteiger partial charge in [-0.1, -0.05) is 0 Å². The summed E-state index contributed by atoms with van der Waals surface area (Å²) in [5.41, 5.74) is -0.574. The maximum absolute atomic E-state index is 12.0. The summed E-state index contributed by atoms with van der Waals surface area (Å²) < 4.78 is 10.6. The summed E-state index contributed by atoms with van der Waals surface area (Å²) in [5.74, 6) is -0.646. The quantitative estimate of drug-likeness (QED) is 0.678. The molecule has 0 spiro atoms. The highest BCUT2D eigenvalue weighted by molar-refractivity contribution is 5.75. The second kappa shape index (κ2) is 8.61. The van der Waals surface area contributed by atoms with Gasteiger partial charge in [0.15, 0.2) is 0 Å². The number of carbonyl (C=O) groups is 1. The Balaban J connectivity index is 1.98. The van der Waals surface area contributed by atoms with Gasteiger partial charge in [0.2, 0.25) is 0 Å². The first-order valence-electron chi connectivity index (χ1n) is 9.17. The lowest BCUT2D eigenvalue weighted by atomic mass is 9.76. The van der Waals surface area contributed by atoms with Gasteiger partial charge in [-0.3, -0.25) is 9.69 Å². The predicted molar refractivity (Wildman–Crippen MR) is 93.3 cm³/mol. The summed E-state index contributed by atoms with van der Waals surface area (Å²) in [6, 6.07) is 0. The number of carboxylic acids is 1. The van der Waals surface area contributed by atoms with Crippen molar-refractivity contribution in [1.29, 1.82) is 0 Å². The zero-order valence-electron chi connectivity index (χ0n) is 15.6. The second-order valence-electron chi connectivity index (χ2n) is 7.91. The van der Waals surface area contributed by atoms with E-state index in [9.17, 15) is 9.90 Å². The molecule has 6 nitrogen and oxygen atoms in total. The van der Waals surface area contributed by atoms with E-state index in [1.807, 2.05) is 0 Å². The molecule has 2 fully saturated rings. The minimum atomic E-state index is -0.646. The van der Waals surface area contributed by atoms with E-state index in [-0.39, 0.29) is 5.54 Å². The number of methoxy groups -OCH3 is 1. The molecule has 2 aliphatic rings. The van der Waals surface area contributed by atoms with Gasteiger partial charge < -0.3 is 19.5 Å². The van der Waals surface area contributed by atoms with Crippen molar-refractivity contribution in [2.45, 2.75) is 45.1 Å². The molecule has 0 aromatic rings.